The van der Waals surface area contributed by atoms with Crippen molar-refractivity contribution in [3.63, 3.8) is 0 Å². The molecule has 3 N–H and O–H groups in total. The number of amides is 2. The molecule has 8 nitrogen and oxygen atoms in total. The van der Waals surface area contributed by atoms with E-state index >= 15 is 0 Å². The number of fused-ring (bicyclic) bond motifs is 3. The highest BCUT2D eigenvalue weighted by Gasteiger charge is 2.33. The average Bonchev–Trinajstić information content (AvgIpc) is 3.32. The molecule has 42 heavy (non-hydrogen) atoms. The van der Waals surface area contributed by atoms with E-state index in [4.69, 9.17) is 4.74 Å². The number of carboxylic acids is 1. The monoisotopic (exact) mass is 569 g/mol. The summed E-state index contributed by atoms with van der Waals surface area (Å²) >= 11 is 0. The molecule has 5 rings (SSSR count). The highest BCUT2D eigenvalue weighted by molar-refractivity contribution is 5.86. The smallest absolute Gasteiger partial charge is 0.407 e. The van der Waals surface area contributed by atoms with Gasteiger partial charge in [-0.1, -0.05) is 91.7 Å². The highest BCUT2D eigenvalue weighted by Crippen LogP contribution is 2.44. The number of nitrogens with zero attached hydrogens (tertiary/aromatic N) is 1. The molecule has 0 bridgehead atoms. The molecule has 0 saturated heterocycles. The zero-order valence-electron chi connectivity index (χ0n) is 24.0. The lowest BCUT2D eigenvalue weighted by molar-refractivity contribution is -0.145. The van der Waals surface area contributed by atoms with Crippen molar-refractivity contribution in [2.75, 3.05) is 26.7 Å². The van der Waals surface area contributed by atoms with Crippen molar-refractivity contribution in [1.82, 2.24) is 15.5 Å². The minimum atomic E-state index is -0.874. The van der Waals surface area contributed by atoms with Gasteiger partial charge < -0.3 is 20.5 Å². The van der Waals surface area contributed by atoms with Gasteiger partial charge in [0, 0.05) is 25.6 Å². The summed E-state index contributed by atoms with van der Waals surface area (Å²) < 4.78 is 5.74. The average molecular weight is 570 g/mol. The van der Waals surface area contributed by atoms with E-state index in [-0.39, 0.29) is 37.4 Å². The van der Waals surface area contributed by atoms with E-state index in [1.165, 1.54) is 0 Å². The molecule has 3 atom stereocenters. The number of carbonyl (C=O) groups is 3. The van der Waals surface area contributed by atoms with E-state index in [2.05, 4.69) is 34.9 Å². The van der Waals surface area contributed by atoms with Gasteiger partial charge in [0.1, 0.15) is 12.6 Å². The fourth-order valence-corrected chi connectivity index (χ4v) is 6.38. The normalized spacial score (nSPS) is 18.5. The van der Waals surface area contributed by atoms with Gasteiger partial charge in [0.05, 0.1) is 5.92 Å². The van der Waals surface area contributed by atoms with Gasteiger partial charge in [0.25, 0.3) is 0 Å². The third-order valence-corrected chi connectivity index (χ3v) is 8.51. The number of hydrogen-bond donors (Lipinski definition) is 3. The van der Waals surface area contributed by atoms with Crippen molar-refractivity contribution in [2.24, 2.45) is 11.8 Å². The minimum absolute atomic E-state index is 0.0876. The number of aliphatic carboxylic acids is 1. The zero-order valence-corrected chi connectivity index (χ0v) is 24.0. The van der Waals surface area contributed by atoms with Crippen LogP contribution in [0.2, 0.25) is 0 Å². The molecule has 0 radical (unpaired) electrons. The fraction of sp³-hybridized carbons (Fsp3) is 0.382. The quantitative estimate of drug-likeness (QED) is 0.299. The van der Waals surface area contributed by atoms with Crippen LogP contribution < -0.4 is 10.6 Å². The van der Waals surface area contributed by atoms with Gasteiger partial charge in [-0.15, -0.1) is 0 Å². The fourth-order valence-electron chi connectivity index (χ4n) is 6.38. The van der Waals surface area contributed by atoms with Crippen LogP contribution >= 0.6 is 0 Å². The molecule has 3 aromatic rings. The van der Waals surface area contributed by atoms with E-state index in [0.717, 1.165) is 47.1 Å². The molecule has 1 saturated carbocycles. The predicted octanol–water partition coefficient (Wildman–Crippen LogP) is 5.03. The van der Waals surface area contributed by atoms with Crippen LogP contribution in [0.25, 0.3) is 11.1 Å². The SMILES string of the molecule is CN(Cc1ccccc1)CC(NC(=O)OCC1c2ccccc2-c2ccccc21)C(=O)NCC1CCCCC1C(=O)O. The Morgan fingerprint density at radius 1 is 0.905 bits per heavy atom. The Balaban J connectivity index is 1.24. The number of rotatable bonds is 11. The number of carbonyl (C=O) groups excluding carboxylic acids is 2. The van der Waals surface area contributed by atoms with Crippen LogP contribution in [-0.4, -0.2) is 60.8 Å². The summed E-state index contributed by atoms with van der Waals surface area (Å²) in [6.45, 7) is 1.27. The van der Waals surface area contributed by atoms with Crippen LogP contribution in [0.15, 0.2) is 78.9 Å². The summed E-state index contributed by atoms with van der Waals surface area (Å²) in [4.78, 5) is 40.3. The number of alkyl carbamates (subject to hydrolysis) is 1. The Morgan fingerprint density at radius 3 is 2.19 bits per heavy atom. The summed E-state index contributed by atoms with van der Waals surface area (Å²) in [5.41, 5.74) is 5.60. The van der Waals surface area contributed by atoms with Crippen LogP contribution in [0.1, 0.15) is 48.3 Å². The van der Waals surface area contributed by atoms with Gasteiger partial charge in [-0.3, -0.25) is 14.5 Å². The van der Waals surface area contributed by atoms with Crippen LogP contribution in [0.4, 0.5) is 4.79 Å². The first-order valence-corrected chi connectivity index (χ1v) is 14.7. The van der Waals surface area contributed by atoms with Crippen molar-refractivity contribution >= 4 is 18.0 Å². The predicted molar refractivity (Wildman–Crippen MR) is 161 cm³/mol. The number of hydrogen-bond acceptors (Lipinski definition) is 5. The Hall–Kier alpha value is -4.17. The number of nitrogens with one attached hydrogen (secondary N) is 2. The van der Waals surface area contributed by atoms with Crippen molar-refractivity contribution < 1.29 is 24.2 Å². The molecule has 2 aliphatic rings. The first-order valence-electron chi connectivity index (χ1n) is 14.7. The third-order valence-electron chi connectivity index (χ3n) is 8.51. The number of ether oxygens (including phenoxy) is 1. The number of benzene rings is 3. The molecule has 0 aromatic heterocycles. The molecular weight excluding hydrogens is 530 g/mol. The van der Waals surface area contributed by atoms with E-state index in [0.29, 0.717) is 13.0 Å². The molecule has 3 unspecified atom stereocenters. The van der Waals surface area contributed by atoms with Crippen LogP contribution in [0.3, 0.4) is 0 Å². The highest BCUT2D eigenvalue weighted by atomic mass is 16.5. The molecular formula is C34H39N3O5. The van der Waals surface area contributed by atoms with Gasteiger partial charge in [-0.05, 0) is 53.6 Å². The van der Waals surface area contributed by atoms with Crippen molar-refractivity contribution in [2.45, 2.75) is 44.2 Å². The maximum Gasteiger partial charge on any atom is 0.407 e. The molecule has 3 aromatic carbocycles. The zero-order chi connectivity index (χ0) is 29.5. The van der Waals surface area contributed by atoms with Crippen molar-refractivity contribution in [1.29, 1.82) is 0 Å². The van der Waals surface area contributed by atoms with Gasteiger partial charge in [0.15, 0.2) is 0 Å². The summed E-state index contributed by atoms with van der Waals surface area (Å²) in [7, 11) is 1.90. The third kappa shape index (κ3) is 6.99. The lowest BCUT2D eigenvalue weighted by Crippen LogP contribution is -2.53. The first kappa shape index (κ1) is 29.3. The standard InChI is InChI=1S/C34H39N3O5/c1-37(20-23-11-3-2-4-12-23)21-31(32(38)35-19-24-13-5-6-14-25(24)33(39)40)36-34(41)42-22-30-28-17-9-7-15-26(28)27-16-8-10-18-29(27)30/h2-4,7-12,15-18,24-25,30-31H,5-6,13-14,19-22H2,1H3,(H,35,38)(H,36,41)(H,39,40). The van der Waals surface area contributed by atoms with E-state index < -0.39 is 24.0 Å². The lowest BCUT2D eigenvalue weighted by atomic mass is 9.79. The molecule has 0 heterocycles. The van der Waals surface area contributed by atoms with Gasteiger partial charge in [-0.2, -0.15) is 0 Å². The van der Waals surface area contributed by atoms with Crippen LogP contribution in [0, 0.1) is 11.8 Å². The second-order valence-corrected chi connectivity index (χ2v) is 11.4. The summed E-state index contributed by atoms with van der Waals surface area (Å²) in [5.74, 6) is -1.84. The van der Waals surface area contributed by atoms with E-state index in [1.54, 1.807) is 0 Å². The van der Waals surface area contributed by atoms with Crippen molar-refractivity contribution in [3.8, 4) is 11.1 Å². The molecule has 0 spiro atoms. The second-order valence-electron chi connectivity index (χ2n) is 11.4. The number of carboxylic acid groups (broad SMARTS) is 1. The summed E-state index contributed by atoms with van der Waals surface area (Å²) in [6.07, 6.45) is 2.56. The first-order chi connectivity index (χ1) is 20.4. The molecule has 1 fully saturated rings. The van der Waals surface area contributed by atoms with Crippen molar-refractivity contribution in [3.05, 3.63) is 95.6 Å². The molecule has 2 amide bonds. The minimum Gasteiger partial charge on any atom is -0.481 e. The summed E-state index contributed by atoms with van der Waals surface area (Å²) in [6, 6.07) is 25.3. The van der Waals surface area contributed by atoms with Gasteiger partial charge >= 0.3 is 12.1 Å². The van der Waals surface area contributed by atoms with Gasteiger partial charge in [-0.25, -0.2) is 4.79 Å². The Bertz CT molecular complexity index is 1350. The van der Waals surface area contributed by atoms with E-state index in [1.807, 2.05) is 66.5 Å². The molecule has 8 heteroatoms. The maximum atomic E-state index is 13.4. The van der Waals surface area contributed by atoms with Crippen LogP contribution in [0.5, 0.6) is 0 Å². The Labute approximate surface area is 247 Å². The summed E-state index contributed by atoms with van der Waals surface area (Å²) in [5, 5.41) is 15.4. The van der Waals surface area contributed by atoms with Crippen LogP contribution in [-0.2, 0) is 20.9 Å². The lowest BCUT2D eigenvalue weighted by Gasteiger charge is -2.30. The molecule has 2 aliphatic carbocycles. The Kier molecular flexibility index (Phi) is 9.54. The van der Waals surface area contributed by atoms with Gasteiger partial charge in [0.2, 0.25) is 5.91 Å². The Morgan fingerprint density at radius 2 is 1.52 bits per heavy atom. The molecule has 220 valence electrons. The number of likely N-dealkylation sites (N-methyl/N-ethyl adjacent to an activating group) is 1. The van der Waals surface area contributed by atoms with E-state index in [9.17, 15) is 19.5 Å². The second kappa shape index (κ2) is 13.7. The largest absolute Gasteiger partial charge is 0.481 e. The molecule has 0 aliphatic heterocycles. The maximum absolute atomic E-state index is 13.4. The topological polar surface area (TPSA) is 108 Å².